The summed E-state index contributed by atoms with van der Waals surface area (Å²) in [4.78, 5) is 24.6. The van der Waals surface area contributed by atoms with Gasteiger partial charge in [-0.05, 0) is 50.6 Å². The molecule has 28 heavy (non-hydrogen) atoms. The van der Waals surface area contributed by atoms with Gasteiger partial charge >= 0.3 is 0 Å². The standard InChI is InChI=1S/C20H22Cl2N4OS/c1-12-11-24-18(25-19(12)22)10-15(23)16-5-3-4-8-26(16)20(27)14-9-13(21)6-7-17(14)28-2/h6-7,9-11,16H,3-5,8,23H2,1-2H3/t16-/m0/s1. The number of benzene rings is 1. The van der Waals surface area contributed by atoms with E-state index in [1.54, 1.807) is 24.4 Å². The number of thioether (sulfide) groups is 1. The van der Waals surface area contributed by atoms with Gasteiger partial charge in [0.05, 0.1) is 11.6 Å². The Morgan fingerprint density at radius 2 is 2.14 bits per heavy atom. The molecule has 2 aromatic rings. The molecule has 1 fully saturated rings. The fraction of sp³-hybridized carbons (Fsp3) is 0.350. The van der Waals surface area contributed by atoms with Gasteiger partial charge in [-0.25, -0.2) is 9.97 Å². The summed E-state index contributed by atoms with van der Waals surface area (Å²) < 4.78 is 0. The number of nitrogens with two attached hydrogens (primary N) is 1. The average molecular weight is 437 g/mol. The largest absolute Gasteiger partial charge is 0.400 e. The van der Waals surface area contributed by atoms with E-state index in [2.05, 4.69) is 9.97 Å². The number of aromatic nitrogens is 2. The van der Waals surface area contributed by atoms with Crippen molar-refractivity contribution in [3.63, 3.8) is 0 Å². The van der Waals surface area contributed by atoms with Gasteiger partial charge in [0.2, 0.25) is 0 Å². The zero-order chi connectivity index (χ0) is 20.3. The minimum Gasteiger partial charge on any atom is -0.400 e. The molecule has 0 aliphatic carbocycles. The number of rotatable bonds is 4. The number of nitrogens with zero attached hydrogens (tertiary/aromatic N) is 3. The molecule has 8 heteroatoms. The van der Waals surface area contributed by atoms with E-state index in [1.807, 2.05) is 24.1 Å². The number of carbonyl (C=O) groups excluding carboxylic acids is 1. The summed E-state index contributed by atoms with van der Waals surface area (Å²) >= 11 is 13.8. The van der Waals surface area contributed by atoms with Gasteiger partial charge in [-0.15, -0.1) is 11.8 Å². The van der Waals surface area contributed by atoms with E-state index in [4.69, 9.17) is 28.9 Å². The average Bonchev–Trinajstić information content (AvgIpc) is 2.70. The molecule has 0 spiro atoms. The number of amides is 1. The highest BCUT2D eigenvalue weighted by Gasteiger charge is 2.30. The lowest BCUT2D eigenvalue weighted by Gasteiger charge is -2.36. The van der Waals surface area contributed by atoms with E-state index in [0.717, 1.165) is 29.7 Å². The van der Waals surface area contributed by atoms with Gasteiger partial charge in [0.1, 0.15) is 5.15 Å². The number of hydrogen-bond donors (Lipinski definition) is 1. The van der Waals surface area contributed by atoms with E-state index in [1.165, 1.54) is 11.8 Å². The maximum Gasteiger partial charge on any atom is 0.255 e. The second-order valence-electron chi connectivity index (χ2n) is 6.70. The molecule has 1 aliphatic rings. The Morgan fingerprint density at radius 3 is 2.86 bits per heavy atom. The molecule has 0 bridgehead atoms. The van der Waals surface area contributed by atoms with Crippen LogP contribution in [0.5, 0.6) is 0 Å². The number of halogens is 2. The molecule has 2 heterocycles. The first-order valence-electron chi connectivity index (χ1n) is 9.01. The van der Waals surface area contributed by atoms with Crippen molar-refractivity contribution < 1.29 is 4.79 Å². The Morgan fingerprint density at radius 1 is 1.36 bits per heavy atom. The summed E-state index contributed by atoms with van der Waals surface area (Å²) in [6.07, 6.45) is 8.05. The van der Waals surface area contributed by atoms with Crippen LogP contribution in [0, 0.1) is 6.92 Å². The number of carbonyl (C=O) groups is 1. The quantitative estimate of drug-likeness (QED) is 0.549. The first-order chi connectivity index (χ1) is 13.4. The molecule has 1 aromatic carbocycles. The smallest absolute Gasteiger partial charge is 0.255 e. The van der Waals surface area contributed by atoms with Crippen LogP contribution in [0.2, 0.25) is 10.2 Å². The van der Waals surface area contributed by atoms with Crippen molar-refractivity contribution in [1.82, 2.24) is 14.9 Å². The predicted octanol–water partition coefficient (Wildman–Crippen LogP) is 4.81. The summed E-state index contributed by atoms with van der Waals surface area (Å²) in [6.45, 7) is 2.49. The Balaban J connectivity index is 1.91. The molecule has 148 valence electrons. The van der Waals surface area contributed by atoms with Crippen molar-refractivity contribution in [1.29, 1.82) is 0 Å². The molecule has 2 N–H and O–H groups in total. The third-order valence-electron chi connectivity index (χ3n) is 4.76. The Labute approximate surface area is 179 Å². The fourth-order valence-corrected chi connectivity index (χ4v) is 4.15. The second kappa shape index (κ2) is 9.16. The van der Waals surface area contributed by atoms with Crippen molar-refractivity contribution in [2.75, 3.05) is 12.8 Å². The van der Waals surface area contributed by atoms with E-state index in [-0.39, 0.29) is 11.9 Å². The number of likely N-dealkylation sites (tertiary alicyclic amines) is 1. The summed E-state index contributed by atoms with van der Waals surface area (Å²) in [6, 6.07) is 5.19. The lowest BCUT2D eigenvalue weighted by atomic mass is 9.98. The van der Waals surface area contributed by atoms with E-state index in [9.17, 15) is 4.79 Å². The van der Waals surface area contributed by atoms with Crippen molar-refractivity contribution in [3.05, 3.63) is 57.2 Å². The molecule has 0 saturated carbocycles. The summed E-state index contributed by atoms with van der Waals surface area (Å²) in [7, 11) is 0. The molecule has 0 unspecified atom stereocenters. The third kappa shape index (κ3) is 4.62. The SMILES string of the molecule is CSc1ccc(Cl)cc1C(=O)N1CCCC[C@H]1C(N)=Cc1ncc(C)c(Cl)n1. The second-order valence-corrected chi connectivity index (χ2v) is 8.34. The summed E-state index contributed by atoms with van der Waals surface area (Å²) in [5, 5.41) is 0.940. The van der Waals surface area contributed by atoms with Crippen LogP contribution in [0.25, 0.3) is 6.08 Å². The molecule has 1 amide bonds. The van der Waals surface area contributed by atoms with Crippen LogP contribution in [0.15, 0.2) is 35.0 Å². The highest BCUT2D eigenvalue weighted by atomic mass is 35.5. The minimum absolute atomic E-state index is 0.0595. The molecule has 1 saturated heterocycles. The van der Waals surface area contributed by atoms with Crippen LogP contribution >= 0.6 is 35.0 Å². The molecule has 3 rings (SSSR count). The highest BCUT2D eigenvalue weighted by molar-refractivity contribution is 7.98. The number of aryl methyl sites for hydroxylation is 1. The Hall–Kier alpha value is -1.76. The van der Waals surface area contributed by atoms with Crippen LogP contribution in [-0.2, 0) is 0 Å². The predicted molar refractivity (Wildman–Crippen MR) is 116 cm³/mol. The molecule has 1 atom stereocenters. The van der Waals surface area contributed by atoms with Crippen molar-refractivity contribution >= 4 is 46.9 Å². The van der Waals surface area contributed by atoms with E-state index in [0.29, 0.717) is 33.8 Å². The van der Waals surface area contributed by atoms with Crippen LogP contribution in [0.4, 0.5) is 0 Å². The third-order valence-corrected chi connectivity index (χ3v) is 6.18. The first-order valence-corrected chi connectivity index (χ1v) is 11.0. The Kier molecular flexibility index (Phi) is 6.86. The monoisotopic (exact) mass is 436 g/mol. The van der Waals surface area contributed by atoms with Gasteiger partial charge < -0.3 is 10.6 Å². The van der Waals surface area contributed by atoms with E-state index < -0.39 is 0 Å². The van der Waals surface area contributed by atoms with Gasteiger partial charge in [0.25, 0.3) is 5.91 Å². The minimum atomic E-state index is -0.210. The van der Waals surface area contributed by atoms with Gasteiger partial charge in [-0.1, -0.05) is 23.2 Å². The zero-order valence-corrected chi connectivity index (χ0v) is 18.1. The molecule has 0 radical (unpaired) electrons. The van der Waals surface area contributed by atoms with Crippen molar-refractivity contribution in [2.45, 2.75) is 37.1 Å². The Bertz CT molecular complexity index is 919. The number of hydrogen-bond acceptors (Lipinski definition) is 5. The molecule has 1 aliphatic heterocycles. The summed E-state index contributed by atoms with van der Waals surface area (Å²) in [5.74, 6) is 0.384. The maximum absolute atomic E-state index is 13.3. The van der Waals surface area contributed by atoms with Crippen molar-refractivity contribution in [2.24, 2.45) is 5.73 Å². The topological polar surface area (TPSA) is 72.1 Å². The van der Waals surface area contributed by atoms with Crippen LogP contribution in [0.3, 0.4) is 0 Å². The van der Waals surface area contributed by atoms with Gasteiger partial charge in [0, 0.05) is 40.0 Å². The summed E-state index contributed by atoms with van der Waals surface area (Å²) in [5.41, 5.74) is 8.35. The van der Waals surface area contributed by atoms with Crippen LogP contribution in [-0.4, -0.2) is 39.6 Å². The lowest BCUT2D eigenvalue weighted by molar-refractivity contribution is 0.0648. The molecular formula is C20H22Cl2N4OS. The normalized spacial score (nSPS) is 17.6. The van der Waals surface area contributed by atoms with Gasteiger partial charge in [-0.3, -0.25) is 4.79 Å². The van der Waals surface area contributed by atoms with Gasteiger partial charge in [0.15, 0.2) is 5.82 Å². The van der Waals surface area contributed by atoms with E-state index >= 15 is 0 Å². The van der Waals surface area contributed by atoms with Gasteiger partial charge in [-0.2, -0.15) is 0 Å². The highest BCUT2D eigenvalue weighted by Crippen LogP contribution is 2.29. The fourth-order valence-electron chi connectivity index (χ4n) is 3.27. The molecular weight excluding hydrogens is 415 g/mol. The number of piperidine rings is 1. The van der Waals surface area contributed by atoms with Crippen molar-refractivity contribution in [3.8, 4) is 0 Å². The first kappa shape index (κ1) is 21.0. The molecule has 1 aromatic heterocycles. The molecule has 5 nitrogen and oxygen atoms in total. The lowest BCUT2D eigenvalue weighted by Crippen LogP contribution is -2.46. The maximum atomic E-state index is 13.3. The van der Waals surface area contributed by atoms with Crippen LogP contribution in [0.1, 0.15) is 41.0 Å². The zero-order valence-electron chi connectivity index (χ0n) is 15.8. The van der Waals surface area contributed by atoms with Crippen LogP contribution < -0.4 is 5.73 Å².